The molecule has 2 N–H and O–H groups in total. The minimum atomic E-state index is -0.832. The van der Waals surface area contributed by atoms with Crippen molar-refractivity contribution in [3.05, 3.63) is 94.2 Å². The number of aromatic nitrogens is 2. The molecule has 0 radical (unpaired) electrons. The third kappa shape index (κ3) is 2.87. The molecular weight excluding hydrogens is 370 g/mol. The number of H-pyrrole nitrogens is 1. The normalized spacial score (nSPS) is 18.1. The molecule has 1 aliphatic heterocycles. The van der Waals surface area contributed by atoms with E-state index in [1.165, 1.54) is 0 Å². The molecule has 0 aliphatic carbocycles. The summed E-state index contributed by atoms with van der Waals surface area (Å²) in [6, 6.07) is 18.3. The lowest BCUT2D eigenvalue weighted by molar-refractivity contribution is 0.0883. The number of nitrogens with zero attached hydrogens (tertiary/aromatic N) is 1. The van der Waals surface area contributed by atoms with Crippen molar-refractivity contribution in [3.8, 4) is 5.75 Å². The highest BCUT2D eigenvalue weighted by atomic mass is 16.5. The maximum Gasteiger partial charge on any atom is 0.417 e. The Kier molecular flexibility index (Phi) is 3.94. The number of oxazole rings is 1. The van der Waals surface area contributed by atoms with Crippen LogP contribution in [0, 0.1) is 0 Å². The minimum Gasteiger partial charge on any atom is -0.491 e. The summed E-state index contributed by atoms with van der Waals surface area (Å²) >= 11 is 0. The van der Waals surface area contributed by atoms with Crippen LogP contribution in [0.15, 0.2) is 76.1 Å². The first-order chi connectivity index (χ1) is 14.2. The second kappa shape index (κ2) is 6.63. The van der Waals surface area contributed by atoms with Crippen molar-refractivity contribution in [2.45, 2.75) is 12.0 Å². The zero-order chi connectivity index (χ0) is 19.8. The van der Waals surface area contributed by atoms with E-state index in [1.54, 1.807) is 24.4 Å². The van der Waals surface area contributed by atoms with Gasteiger partial charge in [0, 0.05) is 18.2 Å². The van der Waals surface area contributed by atoms with Gasteiger partial charge in [0.25, 0.3) is 5.91 Å². The summed E-state index contributed by atoms with van der Waals surface area (Å²) in [6.07, 6.45) is 2.23. The Morgan fingerprint density at radius 3 is 2.83 bits per heavy atom. The van der Waals surface area contributed by atoms with E-state index in [0.717, 1.165) is 5.56 Å². The maximum atomic E-state index is 13.2. The van der Waals surface area contributed by atoms with Crippen molar-refractivity contribution < 1.29 is 13.9 Å². The smallest absolute Gasteiger partial charge is 0.417 e. The van der Waals surface area contributed by atoms with Crippen molar-refractivity contribution in [1.29, 1.82) is 0 Å². The van der Waals surface area contributed by atoms with Crippen molar-refractivity contribution in [2.75, 3.05) is 6.61 Å². The number of fused-ring (bicyclic) bond motifs is 2. The van der Waals surface area contributed by atoms with E-state index in [2.05, 4.69) is 15.3 Å². The van der Waals surface area contributed by atoms with Gasteiger partial charge in [-0.3, -0.25) is 14.8 Å². The van der Waals surface area contributed by atoms with E-state index >= 15 is 0 Å². The Hall–Kier alpha value is -3.87. The van der Waals surface area contributed by atoms with Crippen LogP contribution in [-0.2, 0) is 5.54 Å². The maximum absolute atomic E-state index is 13.2. The molecule has 0 saturated heterocycles. The number of carbonyl (C=O) groups excluding carboxylic acids is 1. The number of benzene rings is 2. The van der Waals surface area contributed by atoms with E-state index in [0.29, 0.717) is 41.1 Å². The van der Waals surface area contributed by atoms with E-state index in [-0.39, 0.29) is 5.91 Å². The van der Waals surface area contributed by atoms with Crippen LogP contribution in [0.2, 0.25) is 0 Å². The fourth-order valence-corrected chi connectivity index (χ4v) is 3.81. The molecule has 29 heavy (non-hydrogen) atoms. The van der Waals surface area contributed by atoms with Gasteiger partial charge in [-0.1, -0.05) is 30.3 Å². The molecule has 0 bridgehead atoms. The van der Waals surface area contributed by atoms with Gasteiger partial charge in [0.15, 0.2) is 5.58 Å². The number of hydrogen-bond acceptors (Lipinski definition) is 5. The van der Waals surface area contributed by atoms with Crippen LogP contribution in [0.5, 0.6) is 5.75 Å². The van der Waals surface area contributed by atoms with Crippen molar-refractivity contribution in [3.63, 3.8) is 0 Å². The number of amides is 1. The zero-order valence-corrected chi connectivity index (χ0v) is 15.3. The molecule has 144 valence electrons. The predicted octanol–water partition coefficient (Wildman–Crippen LogP) is 2.97. The number of hydrogen-bond donors (Lipinski definition) is 2. The monoisotopic (exact) mass is 387 g/mol. The van der Waals surface area contributed by atoms with Gasteiger partial charge < -0.3 is 14.5 Å². The molecular formula is C22H17N3O4. The predicted molar refractivity (Wildman–Crippen MR) is 106 cm³/mol. The van der Waals surface area contributed by atoms with Crippen LogP contribution in [-0.4, -0.2) is 22.5 Å². The Balaban J connectivity index is 1.61. The van der Waals surface area contributed by atoms with Crippen LogP contribution in [0.25, 0.3) is 11.1 Å². The first kappa shape index (κ1) is 17.2. The third-order valence-corrected chi connectivity index (χ3v) is 5.19. The fourth-order valence-electron chi connectivity index (χ4n) is 3.81. The number of carbonyl (C=O) groups is 1. The highest BCUT2D eigenvalue weighted by Crippen LogP contribution is 2.40. The van der Waals surface area contributed by atoms with Crippen molar-refractivity contribution >= 4 is 17.0 Å². The lowest BCUT2D eigenvalue weighted by Gasteiger charge is -2.39. The quantitative estimate of drug-likeness (QED) is 0.563. The SMILES string of the molecule is O=C(N[C@@]1(c2ccccc2)CCOc2cccnc21)c1ccc2[nH]c(=O)oc2c1. The number of rotatable bonds is 3. The number of pyridine rings is 1. The molecule has 1 amide bonds. The summed E-state index contributed by atoms with van der Waals surface area (Å²) in [5.41, 5.74) is 2.02. The van der Waals surface area contributed by atoms with E-state index in [1.807, 2.05) is 42.5 Å². The third-order valence-electron chi connectivity index (χ3n) is 5.19. The van der Waals surface area contributed by atoms with Gasteiger partial charge in [0.2, 0.25) is 0 Å². The summed E-state index contributed by atoms with van der Waals surface area (Å²) in [5.74, 6) is -0.200. The molecule has 5 rings (SSSR count). The van der Waals surface area contributed by atoms with Crippen molar-refractivity contribution in [2.24, 2.45) is 0 Å². The number of aromatic amines is 1. The summed E-state index contributed by atoms with van der Waals surface area (Å²) in [6.45, 7) is 0.444. The summed E-state index contributed by atoms with van der Waals surface area (Å²) < 4.78 is 10.9. The lowest BCUT2D eigenvalue weighted by Crippen LogP contribution is -2.50. The Labute approximate surface area is 165 Å². The standard InChI is InChI=1S/C22H17N3O4/c26-20(14-8-9-16-18(13-14)29-21(27)24-16)25-22(15-5-2-1-3-6-15)10-12-28-17-7-4-11-23-19(17)22/h1-9,11,13H,10,12H2,(H,24,27)(H,25,26)/t22-/m1/s1. The molecule has 0 fully saturated rings. The summed E-state index contributed by atoms with van der Waals surface area (Å²) in [4.78, 5) is 31.8. The number of ether oxygens (including phenoxy) is 1. The van der Waals surface area contributed by atoms with Gasteiger partial charge in [-0.25, -0.2) is 4.79 Å². The minimum absolute atomic E-state index is 0.293. The Morgan fingerprint density at radius 2 is 1.97 bits per heavy atom. The largest absolute Gasteiger partial charge is 0.491 e. The molecule has 3 heterocycles. The highest BCUT2D eigenvalue weighted by Gasteiger charge is 2.42. The van der Waals surface area contributed by atoms with Gasteiger partial charge >= 0.3 is 5.76 Å². The molecule has 0 saturated carbocycles. The lowest BCUT2D eigenvalue weighted by atomic mass is 9.81. The second-order valence-corrected chi connectivity index (χ2v) is 6.90. The first-order valence-corrected chi connectivity index (χ1v) is 9.25. The molecule has 0 spiro atoms. The first-order valence-electron chi connectivity index (χ1n) is 9.25. The van der Waals surface area contributed by atoms with E-state index in [4.69, 9.17) is 9.15 Å². The highest BCUT2D eigenvalue weighted by molar-refractivity contribution is 5.97. The van der Waals surface area contributed by atoms with Crippen LogP contribution in [0.4, 0.5) is 0 Å². The topological polar surface area (TPSA) is 97.2 Å². The molecule has 2 aromatic heterocycles. The molecule has 7 heteroatoms. The van der Waals surface area contributed by atoms with Crippen LogP contribution >= 0.6 is 0 Å². The average Bonchev–Trinajstić information content (AvgIpc) is 3.13. The fraction of sp³-hybridized carbons (Fsp3) is 0.136. The second-order valence-electron chi connectivity index (χ2n) is 6.90. The van der Waals surface area contributed by atoms with Crippen LogP contribution in [0.1, 0.15) is 28.0 Å². The van der Waals surface area contributed by atoms with Crippen LogP contribution in [0.3, 0.4) is 0 Å². The Morgan fingerprint density at radius 1 is 1.10 bits per heavy atom. The van der Waals surface area contributed by atoms with E-state index < -0.39 is 11.3 Å². The van der Waals surface area contributed by atoms with Gasteiger partial charge in [-0.2, -0.15) is 0 Å². The van der Waals surface area contributed by atoms with Gasteiger partial charge in [-0.05, 0) is 35.9 Å². The molecule has 7 nitrogen and oxygen atoms in total. The summed E-state index contributed by atoms with van der Waals surface area (Å²) in [7, 11) is 0. The van der Waals surface area contributed by atoms with Gasteiger partial charge in [-0.15, -0.1) is 0 Å². The van der Waals surface area contributed by atoms with Crippen molar-refractivity contribution in [1.82, 2.24) is 15.3 Å². The zero-order valence-electron chi connectivity index (χ0n) is 15.3. The molecule has 4 aromatic rings. The molecule has 1 atom stereocenters. The summed E-state index contributed by atoms with van der Waals surface area (Å²) in [5, 5.41) is 3.18. The van der Waals surface area contributed by atoms with Gasteiger partial charge in [0.05, 0.1) is 12.1 Å². The average molecular weight is 387 g/mol. The molecule has 2 aromatic carbocycles. The molecule has 1 aliphatic rings. The van der Waals surface area contributed by atoms with E-state index in [9.17, 15) is 9.59 Å². The molecule has 0 unspecified atom stereocenters. The Bertz CT molecular complexity index is 1260. The van der Waals surface area contributed by atoms with Crippen LogP contribution < -0.4 is 15.8 Å². The number of nitrogens with one attached hydrogen (secondary N) is 2. The van der Waals surface area contributed by atoms with Gasteiger partial charge in [0.1, 0.15) is 17.0 Å².